The van der Waals surface area contributed by atoms with Gasteiger partial charge in [0, 0.05) is 13.6 Å². The number of carbonyl (C=O) groups excluding carboxylic acids is 2. The summed E-state index contributed by atoms with van der Waals surface area (Å²) < 4.78 is 28.9. The number of amides is 2. The van der Waals surface area contributed by atoms with Gasteiger partial charge in [0.05, 0.1) is 10.6 Å². The summed E-state index contributed by atoms with van der Waals surface area (Å²) in [6.45, 7) is 7.11. The number of hydrogen-bond donors (Lipinski definition) is 1. The third-order valence-electron chi connectivity index (χ3n) is 6.63. The highest BCUT2D eigenvalue weighted by atomic mass is 32.2. The van der Waals surface area contributed by atoms with Gasteiger partial charge in [0.15, 0.2) is 0 Å². The maximum atomic E-state index is 13.9. The van der Waals surface area contributed by atoms with Crippen LogP contribution in [0.25, 0.3) is 0 Å². The number of nitrogens with zero attached hydrogens (tertiary/aromatic N) is 2. The first kappa shape index (κ1) is 27.9. The summed E-state index contributed by atoms with van der Waals surface area (Å²) in [6.07, 6.45) is 0.530. The second-order valence-corrected chi connectivity index (χ2v) is 11.0. The minimum atomic E-state index is -4.07. The largest absolute Gasteiger partial charge is 0.357 e. The van der Waals surface area contributed by atoms with Gasteiger partial charge >= 0.3 is 0 Å². The highest BCUT2D eigenvalue weighted by Crippen LogP contribution is 2.29. The van der Waals surface area contributed by atoms with E-state index in [0.717, 1.165) is 26.6 Å². The summed E-state index contributed by atoms with van der Waals surface area (Å²) in [5, 5.41) is 2.60. The van der Waals surface area contributed by atoms with E-state index in [2.05, 4.69) is 5.32 Å². The van der Waals surface area contributed by atoms with E-state index in [0.29, 0.717) is 12.1 Å². The Morgan fingerprint density at radius 3 is 2.16 bits per heavy atom. The molecule has 7 nitrogen and oxygen atoms in total. The molecular formula is C29H35N3O4S. The fraction of sp³-hybridized carbons (Fsp3) is 0.310. The average Bonchev–Trinajstić information content (AvgIpc) is 2.89. The number of aryl methyl sites for hydroxylation is 2. The number of sulfonamides is 1. The first-order valence-electron chi connectivity index (χ1n) is 12.3. The van der Waals surface area contributed by atoms with Gasteiger partial charge in [-0.3, -0.25) is 13.9 Å². The molecule has 0 heterocycles. The van der Waals surface area contributed by atoms with Gasteiger partial charge in [-0.15, -0.1) is 0 Å². The maximum Gasteiger partial charge on any atom is 0.264 e. The van der Waals surface area contributed by atoms with Crippen molar-refractivity contribution in [2.24, 2.45) is 0 Å². The normalized spacial score (nSPS) is 12.0. The molecule has 3 rings (SSSR count). The molecule has 3 aromatic carbocycles. The van der Waals surface area contributed by atoms with E-state index in [1.807, 2.05) is 57.2 Å². The van der Waals surface area contributed by atoms with Crippen molar-refractivity contribution < 1.29 is 18.0 Å². The van der Waals surface area contributed by atoms with Crippen LogP contribution in [0.2, 0.25) is 0 Å². The van der Waals surface area contributed by atoms with Crippen LogP contribution >= 0.6 is 0 Å². The minimum absolute atomic E-state index is 0.0991. The molecule has 0 saturated heterocycles. The SMILES string of the molecule is CNC(=O)[C@@H](C)N(CCc1ccccc1)C(=O)CN(c1cccc(C)c1C)S(=O)(=O)c1ccc(C)cc1. The lowest BCUT2D eigenvalue weighted by atomic mass is 10.1. The van der Waals surface area contributed by atoms with Crippen molar-refractivity contribution in [2.45, 2.75) is 45.1 Å². The molecule has 0 aliphatic heterocycles. The van der Waals surface area contributed by atoms with Gasteiger partial charge in [-0.1, -0.05) is 60.2 Å². The minimum Gasteiger partial charge on any atom is -0.357 e. The van der Waals surface area contributed by atoms with Crippen molar-refractivity contribution >= 4 is 27.5 Å². The summed E-state index contributed by atoms with van der Waals surface area (Å²) >= 11 is 0. The monoisotopic (exact) mass is 521 g/mol. The predicted molar refractivity (Wildman–Crippen MR) is 147 cm³/mol. The van der Waals surface area contributed by atoms with Crippen molar-refractivity contribution in [3.63, 3.8) is 0 Å². The molecule has 1 atom stereocenters. The Kier molecular flexibility index (Phi) is 9.10. The zero-order chi connectivity index (χ0) is 27.2. The van der Waals surface area contributed by atoms with Crippen molar-refractivity contribution in [2.75, 3.05) is 24.4 Å². The zero-order valence-electron chi connectivity index (χ0n) is 22.1. The molecule has 1 N–H and O–H groups in total. The molecule has 0 aliphatic carbocycles. The maximum absolute atomic E-state index is 13.9. The van der Waals surface area contributed by atoms with Gasteiger partial charge in [0.1, 0.15) is 12.6 Å². The number of likely N-dealkylation sites (N-methyl/N-ethyl adjacent to an activating group) is 1. The van der Waals surface area contributed by atoms with Crippen molar-refractivity contribution in [1.82, 2.24) is 10.2 Å². The van der Waals surface area contributed by atoms with Crippen molar-refractivity contribution in [3.05, 3.63) is 95.1 Å². The third kappa shape index (κ3) is 6.57. The van der Waals surface area contributed by atoms with Crippen LogP contribution < -0.4 is 9.62 Å². The van der Waals surface area contributed by atoms with E-state index in [1.165, 1.54) is 11.9 Å². The molecule has 0 aromatic heterocycles. The van der Waals surface area contributed by atoms with Gasteiger partial charge in [-0.2, -0.15) is 0 Å². The molecular weight excluding hydrogens is 486 g/mol. The van der Waals surface area contributed by atoms with Crippen LogP contribution in [0, 0.1) is 20.8 Å². The molecule has 0 aliphatic rings. The van der Waals surface area contributed by atoms with E-state index in [4.69, 9.17) is 0 Å². The van der Waals surface area contributed by atoms with Crippen LogP contribution in [0.5, 0.6) is 0 Å². The van der Waals surface area contributed by atoms with Crippen molar-refractivity contribution in [1.29, 1.82) is 0 Å². The quantitative estimate of drug-likeness (QED) is 0.437. The van der Waals surface area contributed by atoms with E-state index in [-0.39, 0.29) is 17.3 Å². The van der Waals surface area contributed by atoms with Gasteiger partial charge in [-0.25, -0.2) is 8.42 Å². The fourth-order valence-corrected chi connectivity index (χ4v) is 5.61. The lowest BCUT2D eigenvalue weighted by molar-refractivity contribution is -0.138. The molecule has 0 fully saturated rings. The molecule has 3 aromatic rings. The molecule has 0 radical (unpaired) electrons. The number of hydrogen-bond acceptors (Lipinski definition) is 4. The number of carbonyl (C=O) groups is 2. The second-order valence-electron chi connectivity index (χ2n) is 9.16. The van der Waals surface area contributed by atoms with Crippen LogP contribution in [0.15, 0.2) is 77.7 Å². The fourth-order valence-electron chi connectivity index (χ4n) is 4.14. The van der Waals surface area contributed by atoms with E-state index in [1.54, 1.807) is 43.3 Å². The van der Waals surface area contributed by atoms with E-state index < -0.39 is 28.5 Å². The molecule has 0 spiro atoms. The lowest BCUT2D eigenvalue weighted by Gasteiger charge is -2.32. The average molecular weight is 522 g/mol. The molecule has 196 valence electrons. The summed E-state index contributed by atoms with van der Waals surface area (Å²) in [4.78, 5) is 27.9. The number of rotatable bonds is 10. The third-order valence-corrected chi connectivity index (χ3v) is 8.40. The standard InChI is InChI=1S/C29H35N3O4S/c1-21-14-16-26(17-15-21)37(35,36)32(27-13-9-10-22(2)23(27)3)20-28(33)31(24(4)29(34)30-5)19-18-25-11-7-6-8-12-25/h6-17,24H,18-20H2,1-5H3,(H,30,34)/t24-/m1/s1. The predicted octanol–water partition coefficient (Wildman–Crippen LogP) is 4.01. The second kappa shape index (κ2) is 12.1. The van der Waals surface area contributed by atoms with Crippen LogP contribution in [-0.2, 0) is 26.0 Å². The topological polar surface area (TPSA) is 86.8 Å². The zero-order valence-corrected chi connectivity index (χ0v) is 22.9. The first-order chi connectivity index (χ1) is 17.6. The Bertz CT molecular complexity index is 1340. The highest BCUT2D eigenvalue weighted by molar-refractivity contribution is 7.92. The highest BCUT2D eigenvalue weighted by Gasteiger charge is 2.32. The molecule has 0 saturated carbocycles. The van der Waals surface area contributed by atoms with Crippen LogP contribution in [0.1, 0.15) is 29.2 Å². The Morgan fingerprint density at radius 1 is 0.892 bits per heavy atom. The number of nitrogens with one attached hydrogen (secondary N) is 1. The molecule has 37 heavy (non-hydrogen) atoms. The summed E-state index contributed by atoms with van der Waals surface area (Å²) in [6, 6.07) is 20.8. The molecule has 0 bridgehead atoms. The first-order valence-corrected chi connectivity index (χ1v) is 13.7. The smallest absolute Gasteiger partial charge is 0.264 e. The Balaban J connectivity index is 2.02. The Morgan fingerprint density at radius 2 is 1.54 bits per heavy atom. The number of anilines is 1. The van der Waals surface area contributed by atoms with Crippen LogP contribution in [0.3, 0.4) is 0 Å². The lowest BCUT2D eigenvalue weighted by Crippen LogP contribution is -2.51. The summed E-state index contributed by atoms with van der Waals surface area (Å²) in [7, 11) is -2.56. The Hall–Kier alpha value is -3.65. The van der Waals surface area contributed by atoms with Gasteiger partial charge < -0.3 is 10.2 Å². The van der Waals surface area contributed by atoms with Gasteiger partial charge in [0.25, 0.3) is 10.0 Å². The summed E-state index contributed by atoms with van der Waals surface area (Å²) in [5.41, 5.74) is 4.06. The molecule has 2 amide bonds. The van der Waals surface area contributed by atoms with Gasteiger partial charge in [-0.05, 0) is 69.0 Å². The van der Waals surface area contributed by atoms with E-state index in [9.17, 15) is 18.0 Å². The van der Waals surface area contributed by atoms with E-state index >= 15 is 0 Å². The molecule has 0 unspecified atom stereocenters. The Labute approximate surface area is 220 Å². The number of benzene rings is 3. The van der Waals surface area contributed by atoms with Crippen molar-refractivity contribution in [3.8, 4) is 0 Å². The van der Waals surface area contributed by atoms with Crippen LogP contribution in [-0.4, -0.2) is 51.3 Å². The summed E-state index contributed by atoms with van der Waals surface area (Å²) in [5.74, 6) is -0.773. The van der Waals surface area contributed by atoms with Gasteiger partial charge in [0.2, 0.25) is 11.8 Å². The molecule has 8 heteroatoms. The van der Waals surface area contributed by atoms with Crippen LogP contribution in [0.4, 0.5) is 5.69 Å².